The molecule has 2 rings (SSSR count). The zero-order valence-corrected chi connectivity index (χ0v) is 12.9. The average molecular weight is 333 g/mol. The molecule has 0 saturated carbocycles. The van der Waals surface area contributed by atoms with Crippen molar-refractivity contribution in [2.24, 2.45) is 0 Å². The van der Waals surface area contributed by atoms with E-state index in [0.717, 1.165) is 10.6 Å². The maximum atomic E-state index is 12.2. The maximum absolute atomic E-state index is 12.2. The zero-order valence-electron chi connectivity index (χ0n) is 11.3. The Kier molecular flexibility index (Phi) is 3.98. The van der Waals surface area contributed by atoms with Crippen LogP contribution in [0.1, 0.15) is 15.9 Å². The summed E-state index contributed by atoms with van der Waals surface area (Å²) < 4.78 is 47.8. The number of benzene rings is 1. The molecule has 1 heterocycles. The number of aromatic carboxylic acids is 1. The predicted octanol–water partition coefficient (Wildman–Crippen LogP) is 0.122. The second-order valence-electron chi connectivity index (χ2n) is 4.92. The fraction of sp³-hybridized carbons (Fsp3) is 0.417. The van der Waals surface area contributed by atoms with E-state index < -0.39 is 37.3 Å². The molecule has 1 N–H and O–H groups in total. The first-order chi connectivity index (χ1) is 9.60. The van der Waals surface area contributed by atoms with Gasteiger partial charge in [0.15, 0.2) is 0 Å². The van der Waals surface area contributed by atoms with Gasteiger partial charge in [0, 0.05) is 12.8 Å². The van der Waals surface area contributed by atoms with Gasteiger partial charge in [0.1, 0.15) is 9.84 Å². The Morgan fingerprint density at radius 3 is 2.48 bits per heavy atom. The van der Waals surface area contributed by atoms with Crippen LogP contribution in [0.3, 0.4) is 0 Å². The molecule has 0 fully saturated rings. The Morgan fingerprint density at radius 2 is 1.90 bits per heavy atom. The molecule has 0 bridgehead atoms. The molecule has 0 atom stereocenters. The van der Waals surface area contributed by atoms with E-state index in [0.29, 0.717) is 17.7 Å². The number of sulfonamides is 1. The number of carboxylic acids is 1. The molecule has 0 amide bonds. The molecule has 21 heavy (non-hydrogen) atoms. The van der Waals surface area contributed by atoms with Crippen LogP contribution in [0.2, 0.25) is 0 Å². The first kappa shape index (κ1) is 15.8. The maximum Gasteiger partial charge on any atom is 0.335 e. The Morgan fingerprint density at radius 1 is 1.24 bits per heavy atom. The third-order valence-corrected chi connectivity index (χ3v) is 6.20. The Labute approximate surface area is 123 Å². The van der Waals surface area contributed by atoms with Crippen LogP contribution in [0.25, 0.3) is 0 Å². The number of carboxylic acid groups (broad SMARTS) is 1. The van der Waals surface area contributed by atoms with Gasteiger partial charge in [0.2, 0.25) is 10.0 Å². The molecule has 9 heteroatoms. The van der Waals surface area contributed by atoms with E-state index in [2.05, 4.69) is 0 Å². The van der Waals surface area contributed by atoms with Gasteiger partial charge in [-0.2, -0.15) is 0 Å². The van der Waals surface area contributed by atoms with Crippen molar-refractivity contribution < 1.29 is 26.7 Å². The van der Waals surface area contributed by atoms with E-state index in [-0.39, 0.29) is 12.1 Å². The summed E-state index contributed by atoms with van der Waals surface area (Å²) in [5, 5.41) is 8.92. The molecule has 7 nitrogen and oxygen atoms in total. The van der Waals surface area contributed by atoms with E-state index in [1.807, 2.05) is 0 Å². The number of rotatable bonds is 5. The lowest BCUT2D eigenvalue weighted by atomic mass is 10.1. The van der Waals surface area contributed by atoms with Crippen LogP contribution >= 0.6 is 0 Å². The minimum atomic E-state index is -3.73. The highest BCUT2D eigenvalue weighted by Gasteiger charge is 2.30. The van der Waals surface area contributed by atoms with E-state index in [9.17, 15) is 21.6 Å². The van der Waals surface area contributed by atoms with Crippen LogP contribution in [0.4, 0.5) is 5.69 Å². The summed E-state index contributed by atoms with van der Waals surface area (Å²) in [6.45, 7) is 0.199. The van der Waals surface area contributed by atoms with Crippen molar-refractivity contribution in [1.29, 1.82) is 0 Å². The van der Waals surface area contributed by atoms with Crippen LogP contribution in [0.5, 0.6) is 0 Å². The van der Waals surface area contributed by atoms with Gasteiger partial charge < -0.3 is 5.11 Å². The summed E-state index contributed by atoms with van der Waals surface area (Å²) in [4.78, 5) is 10.9. The van der Waals surface area contributed by atoms with Crippen molar-refractivity contribution in [3.63, 3.8) is 0 Å². The van der Waals surface area contributed by atoms with Gasteiger partial charge in [-0.1, -0.05) is 0 Å². The van der Waals surface area contributed by atoms with Crippen LogP contribution in [0, 0.1) is 0 Å². The van der Waals surface area contributed by atoms with Crippen molar-refractivity contribution in [3.05, 3.63) is 29.3 Å². The molecule has 1 aromatic carbocycles. The largest absolute Gasteiger partial charge is 0.478 e. The highest BCUT2D eigenvalue weighted by Crippen LogP contribution is 2.31. The van der Waals surface area contributed by atoms with E-state index in [4.69, 9.17) is 5.11 Å². The quantitative estimate of drug-likeness (QED) is 0.820. The molecule has 1 aromatic rings. The van der Waals surface area contributed by atoms with E-state index in [1.165, 1.54) is 18.2 Å². The monoisotopic (exact) mass is 333 g/mol. The van der Waals surface area contributed by atoms with Gasteiger partial charge in [0.05, 0.1) is 22.8 Å². The van der Waals surface area contributed by atoms with Gasteiger partial charge in [0.25, 0.3) is 0 Å². The van der Waals surface area contributed by atoms with Crippen LogP contribution in [-0.4, -0.2) is 52.2 Å². The average Bonchev–Trinajstić information content (AvgIpc) is 2.79. The number of hydrogen-bond acceptors (Lipinski definition) is 5. The molecule has 0 aliphatic carbocycles. The highest BCUT2D eigenvalue weighted by molar-refractivity contribution is 7.95. The molecule has 1 aliphatic rings. The molecule has 0 aromatic heterocycles. The molecule has 1 aliphatic heterocycles. The van der Waals surface area contributed by atoms with Crippen molar-refractivity contribution in [1.82, 2.24) is 0 Å². The van der Waals surface area contributed by atoms with E-state index in [1.54, 1.807) is 0 Å². The highest BCUT2D eigenvalue weighted by atomic mass is 32.2. The molecular weight excluding hydrogens is 318 g/mol. The van der Waals surface area contributed by atoms with Gasteiger partial charge in [-0.15, -0.1) is 0 Å². The summed E-state index contributed by atoms with van der Waals surface area (Å²) in [6.07, 6.45) is 1.40. The second-order valence-corrected chi connectivity index (χ2v) is 9.19. The fourth-order valence-electron chi connectivity index (χ4n) is 2.16. The molecule has 116 valence electrons. The minimum Gasteiger partial charge on any atom is -0.478 e. The summed E-state index contributed by atoms with van der Waals surface area (Å²) in [6, 6.07) is 4.24. The second kappa shape index (κ2) is 5.30. The van der Waals surface area contributed by atoms with Gasteiger partial charge in [-0.05, 0) is 30.2 Å². The lowest BCUT2D eigenvalue weighted by Crippen LogP contribution is -2.33. The molecule has 0 saturated heterocycles. The Bertz CT molecular complexity index is 782. The summed E-state index contributed by atoms with van der Waals surface area (Å²) in [5.74, 6) is -1.99. The number of sulfone groups is 1. The summed E-state index contributed by atoms with van der Waals surface area (Å²) >= 11 is 0. The molecule has 0 unspecified atom stereocenters. The Hall–Kier alpha value is -1.61. The number of nitrogens with zero attached hydrogens (tertiary/aromatic N) is 1. The standard InChI is InChI=1S/C12H15NO6S2/c1-20(16,17)6-7-21(18,19)13-5-4-9-8-10(12(14)15)2-3-11(9)13/h2-3,8H,4-7H2,1H3,(H,14,15). The lowest BCUT2D eigenvalue weighted by Gasteiger charge is -2.19. The molecular formula is C12H15NO6S2. The molecule has 0 spiro atoms. The van der Waals surface area contributed by atoms with Gasteiger partial charge in [-0.3, -0.25) is 4.31 Å². The van der Waals surface area contributed by atoms with Crippen LogP contribution < -0.4 is 4.31 Å². The van der Waals surface area contributed by atoms with E-state index >= 15 is 0 Å². The van der Waals surface area contributed by atoms with Gasteiger partial charge >= 0.3 is 5.97 Å². The normalized spacial score (nSPS) is 15.0. The number of fused-ring (bicyclic) bond motifs is 1. The Balaban J connectivity index is 2.28. The van der Waals surface area contributed by atoms with Crippen molar-refractivity contribution in [2.75, 3.05) is 28.6 Å². The first-order valence-corrected chi connectivity index (χ1v) is 9.81. The van der Waals surface area contributed by atoms with Crippen LogP contribution in [0.15, 0.2) is 18.2 Å². The summed E-state index contributed by atoms with van der Waals surface area (Å²) in [7, 11) is -7.10. The number of anilines is 1. The predicted molar refractivity (Wildman–Crippen MR) is 77.9 cm³/mol. The van der Waals surface area contributed by atoms with Crippen LogP contribution in [-0.2, 0) is 26.3 Å². The summed E-state index contributed by atoms with van der Waals surface area (Å²) in [5.41, 5.74) is 1.16. The molecule has 0 radical (unpaired) electrons. The number of carbonyl (C=O) groups is 1. The fourth-order valence-corrected chi connectivity index (χ4v) is 5.28. The smallest absolute Gasteiger partial charge is 0.335 e. The van der Waals surface area contributed by atoms with Crippen molar-refractivity contribution in [2.45, 2.75) is 6.42 Å². The zero-order chi connectivity index (χ0) is 15.8. The van der Waals surface area contributed by atoms with Crippen molar-refractivity contribution in [3.8, 4) is 0 Å². The SMILES string of the molecule is CS(=O)(=O)CCS(=O)(=O)N1CCc2cc(C(=O)O)ccc21. The topological polar surface area (TPSA) is 109 Å². The number of hydrogen-bond donors (Lipinski definition) is 1. The third-order valence-electron chi connectivity index (χ3n) is 3.23. The van der Waals surface area contributed by atoms with Crippen molar-refractivity contribution >= 4 is 31.5 Å². The minimum absolute atomic E-state index is 0.101. The third kappa shape index (κ3) is 3.53. The first-order valence-electron chi connectivity index (χ1n) is 6.14. The lowest BCUT2D eigenvalue weighted by molar-refractivity contribution is 0.0697. The van der Waals surface area contributed by atoms with Gasteiger partial charge in [-0.25, -0.2) is 21.6 Å².